The van der Waals surface area contributed by atoms with E-state index >= 15 is 0 Å². The highest BCUT2D eigenvalue weighted by Crippen LogP contribution is 2.79. The summed E-state index contributed by atoms with van der Waals surface area (Å²) in [4.78, 5) is 73.6. The van der Waals surface area contributed by atoms with Gasteiger partial charge in [0.15, 0.2) is 5.78 Å². The van der Waals surface area contributed by atoms with Crippen molar-refractivity contribution < 1.29 is 33.8 Å². The highest BCUT2D eigenvalue weighted by Gasteiger charge is 2.76. The third-order valence-electron chi connectivity index (χ3n) is 19.8. The second-order valence-corrected chi connectivity index (χ2v) is 24.4. The number of aliphatic carboxylic acids is 1. The van der Waals surface area contributed by atoms with E-state index in [0.717, 1.165) is 61.7 Å². The molecule has 0 aliphatic heterocycles. The maximum Gasteiger partial charge on any atom is 0.310 e. The molecule has 8 rings (SSSR count). The Morgan fingerprint density at radius 1 is 0.862 bits per heavy atom. The van der Waals surface area contributed by atoms with Crippen LogP contribution in [0.3, 0.4) is 0 Å². The number of Topliss-reactive ketones (excluding diaryl/α,β-unsaturated/α-hetero) is 1. The molecule has 0 radical (unpaired) electrons. The van der Waals surface area contributed by atoms with Crippen LogP contribution in [0.1, 0.15) is 156 Å². The lowest BCUT2D eigenvalue weighted by Gasteiger charge is -2.74. The van der Waals surface area contributed by atoms with Crippen molar-refractivity contribution in [1.29, 1.82) is 0 Å². The van der Waals surface area contributed by atoms with E-state index in [-0.39, 0.29) is 88.1 Å². The highest BCUT2D eigenvalue weighted by atomic mass is 35.5. The van der Waals surface area contributed by atoms with Crippen molar-refractivity contribution >= 4 is 41.1 Å². The third-order valence-corrected chi connectivity index (χ3v) is 20.0. The minimum Gasteiger partial charge on any atom is -0.481 e. The summed E-state index contributed by atoms with van der Waals surface area (Å²) in [5, 5.41) is 18.0. The van der Waals surface area contributed by atoms with Crippen molar-refractivity contribution in [3.05, 3.63) is 76.1 Å². The monoisotopic (exact) mass is 910 g/mol. The van der Waals surface area contributed by atoms with Gasteiger partial charge in [0, 0.05) is 12.6 Å². The molecule has 2 aromatic rings. The van der Waals surface area contributed by atoms with Crippen LogP contribution in [0.4, 0.5) is 0 Å². The lowest BCUT2D eigenvalue weighted by molar-refractivity contribution is -0.261. The van der Waals surface area contributed by atoms with Gasteiger partial charge in [-0.1, -0.05) is 104 Å². The number of benzene rings is 1. The van der Waals surface area contributed by atoms with Crippen molar-refractivity contribution in [2.75, 3.05) is 0 Å². The van der Waals surface area contributed by atoms with Crippen molar-refractivity contribution in [3.8, 4) is 0 Å². The molecular weight excluding hydrogens is 838 g/mol. The first-order valence-corrected chi connectivity index (χ1v) is 24.6. The minimum absolute atomic E-state index is 0.0141. The lowest BCUT2D eigenvalue weighted by Crippen LogP contribution is -2.71. The SMILES string of the molecule is CC(C)C1=C2[C@H]3CC[C@@H]4[C@]5(C)CC[C@H]([C@@]6(C(=O)O)C[C@@H](C(=O)OCc7ccccc7)C6(C)C)C(C)(C)[C@H]5CC[C@@]4(C)[C@]3(C)CC[C@@]2(NC(=O)C(C)(C)NC(=O)c2ccc(Cl)cn2)CC1=O. The summed E-state index contributed by atoms with van der Waals surface area (Å²) in [7, 11) is 0. The third kappa shape index (κ3) is 6.89. The van der Waals surface area contributed by atoms with Gasteiger partial charge in [-0.15, -0.1) is 0 Å². The summed E-state index contributed by atoms with van der Waals surface area (Å²) in [6.07, 6.45) is 8.95. The number of amides is 2. The number of esters is 1. The number of pyridine rings is 1. The zero-order valence-corrected chi connectivity index (χ0v) is 41.3. The van der Waals surface area contributed by atoms with Gasteiger partial charge in [-0.25, -0.2) is 4.98 Å². The first-order chi connectivity index (χ1) is 30.2. The number of carbonyl (C=O) groups excluding carboxylic acids is 4. The maximum atomic E-state index is 14.4. The van der Waals surface area contributed by atoms with Gasteiger partial charge in [0.2, 0.25) is 5.91 Å². The molecule has 6 aliphatic carbocycles. The molecule has 1 aromatic heterocycles. The van der Waals surface area contributed by atoms with Crippen LogP contribution in [0.5, 0.6) is 0 Å². The Kier molecular flexibility index (Phi) is 11.5. The quantitative estimate of drug-likeness (QED) is 0.199. The Hall–Kier alpha value is -4.05. The van der Waals surface area contributed by atoms with E-state index in [2.05, 4.69) is 64.1 Å². The van der Waals surface area contributed by atoms with Gasteiger partial charge in [-0.3, -0.25) is 24.0 Å². The molecule has 3 N–H and O–H groups in total. The molecule has 5 saturated carbocycles. The number of nitrogens with zero attached hydrogens (tertiary/aromatic N) is 1. The molecule has 11 heteroatoms. The summed E-state index contributed by atoms with van der Waals surface area (Å²) in [5.41, 5.74) is -1.55. The number of ketones is 1. The summed E-state index contributed by atoms with van der Waals surface area (Å²) in [6.45, 7) is 23.9. The smallest absolute Gasteiger partial charge is 0.310 e. The van der Waals surface area contributed by atoms with Gasteiger partial charge < -0.3 is 20.5 Å². The molecule has 5 fully saturated rings. The number of hydrogen-bond donors (Lipinski definition) is 3. The van der Waals surface area contributed by atoms with Gasteiger partial charge in [-0.05, 0) is 157 Å². The molecule has 352 valence electrons. The number of fused-ring (bicyclic) bond motifs is 7. The fourth-order valence-corrected chi connectivity index (χ4v) is 16.4. The number of nitrogens with one attached hydrogen (secondary N) is 2. The summed E-state index contributed by atoms with van der Waals surface area (Å²) < 4.78 is 5.83. The van der Waals surface area contributed by atoms with E-state index < -0.39 is 39.7 Å². The number of hydrogen-bond acceptors (Lipinski definition) is 7. The zero-order chi connectivity index (χ0) is 47.5. The summed E-state index contributed by atoms with van der Waals surface area (Å²) in [6, 6.07) is 12.7. The Labute approximate surface area is 391 Å². The van der Waals surface area contributed by atoms with Crippen molar-refractivity contribution in [2.24, 2.45) is 68.0 Å². The molecule has 0 unspecified atom stereocenters. The Morgan fingerprint density at radius 2 is 1.54 bits per heavy atom. The number of halogens is 1. The van der Waals surface area contributed by atoms with Gasteiger partial charge in [0.25, 0.3) is 5.91 Å². The van der Waals surface area contributed by atoms with Crippen LogP contribution >= 0.6 is 11.6 Å². The second-order valence-electron chi connectivity index (χ2n) is 23.9. The lowest BCUT2D eigenvalue weighted by atomic mass is 9.30. The molecular formula is C54H72ClN3O7. The maximum absolute atomic E-state index is 14.4. The van der Waals surface area contributed by atoms with E-state index in [9.17, 15) is 29.1 Å². The molecule has 1 aromatic carbocycles. The predicted molar refractivity (Wildman–Crippen MR) is 250 cm³/mol. The number of carboxylic acid groups (broad SMARTS) is 1. The van der Waals surface area contributed by atoms with Gasteiger partial charge >= 0.3 is 11.9 Å². The number of aromatic nitrogens is 1. The Bertz CT molecular complexity index is 2320. The standard InChI is InChI=1S/C54H72ClN3O7/c1-31(2)41-37(59)28-53(58-45(62)49(7,8)57-43(60)36-19-17-33(55)29-56-36)26-25-51(10)34(42(41)53)18-20-40-50(9)23-21-39(47(3,4)38(50)22-24-52(40,51)11)54(46(63)64)27-35(48(54,5)6)44(61)65-30-32-15-13-12-14-16-32/h12-17,19,29,31,34-35,38-40H,18,20-28,30H2,1-11H3,(H,57,60)(H,58,62)(H,63,64)/t34-,35+,38-,39+,40-,50-,51-,52-,53-,54-/m1/s1. The number of allylic oxidation sites excluding steroid dienone is 1. The van der Waals surface area contributed by atoms with Crippen LogP contribution < -0.4 is 10.6 Å². The van der Waals surface area contributed by atoms with E-state index in [1.807, 2.05) is 44.2 Å². The molecule has 2 amide bonds. The molecule has 0 saturated heterocycles. The number of carbonyl (C=O) groups is 5. The fourth-order valence-electron chi connectivity index (χ4n) is 16.3. The van der Waals surface area contributed by atoms with Gasteiger partial charge in [-0.2, -0.15) is 0 Å². The number of rotatable bonds is 10. The van der Waals surface area contributed by atoms with Crippen molar-refractivity contribution in [1.82, 2.24) is 15.6 Å². The summed E-state index contributed by atoms with van der Waals surface area (Å²) >= 11 is 6.02. The summed E-state index contributed by atoms with van der Waals surface area (Å²) in [5.74, 6) is -1.71. The second kappa shape index (κ2) is 15.8. The van der Waals surface area contributed by atoms with Crippen LogP contribution in [0.15, 0.2) is 59.8 Å². The molecule has 65 heavy (non-hydrogen) atoms. The topological polar surface area (TPSA) is 152 Å². The van der Waals surface area contributed by atoms with Crippen LogP contribution in [0.2, 0.25) is 5.02 Å². The van der Waals surface area contributed by atoms with Crippen LogP contribution in [-0.2, 0) is 30.5 Å². The first kappa shape index (κ1) is 47.4. The first-order valence-electron chi connectivity index (χ1n) is 24.2. The largest absolute Gasteiger partial charge is 0.481 e. The average Bonchev–Trinajstić information content (AvgIpc) is 3.52. The van der Waals surface area contributed by atoms with Gasteiger partial charge in [0.05, 0.1) is 21.9 Å². The fraction of sp³-hybridized carbons (Fsp3) is 0.667. The van der Waals surface area contributed by atoms with Crippen molar-refractivity contribution in [3.63, 3.8) is 0 Å². The average molecular weight is 911 g/mol. The van der Waals surface area contributed by atoms with Crippen LogP contribution in [-0.4, -0.2) is 50.7 Å². The molecule has 0 bridgehead atoms. The molecule has 1 heterocycles. The van der Waals surface area contributed by atoms with E-state index in [4.69, 9.17) is 16.3 Å². The number of carboxylic acids is 1. The highest BCUT2D eigenvalue weighted by molar-refractivity contribution is 6.30. The molecule has 0 spiro atoms. The molecule has 6 aliphatic rings. The van der Waals surface area contributed by atoms with Gasteiger partial charge in [0.1, 0.15) is 17.8 Å². The van der Waals surface area contributed by atoms with E-state index in [1.165, 1.54) is 12.3 Å². The number of ether oxygens (including phenoxy) is 1. The molecule has 10 atom stereocenters. The zero-order valence-electron chi connectivity index (χ0n) is 40.6. The van der Waals surface area contributed by atoms with E-state index in [0.29, 0.717) is 17.4 Å². The van der Waals surface area contributed by atoms with E-state index in [1.54, 1.807) is 19.9 Å². The Morgan fingerprint density at radius 3 is 2.15 bits per heavy atom. The van der Waals surface area contributed by atoms with Crippen molar-refractivity contribution in [2.45, 2.75) is 158 Å². The molecule has 10 nitrogen and oxygen atoms in total. The Balaban J connectivity index is 1.05. The van der Waals surface area contributed by atoms with Crippen LogP contribution in [0.25, 0.3) is 0 Å². The minimum atomic E-state index is -1.30. The normalized spacial score (nSPS) is 36.9. The van der Waals surface area contributed by atoms with Crippen LogP contribution in [0, 0.1) is 68.0 Å². The predicted octanol–water partition coefficient (Wildman–Crippen LogP) is 10.6.